The first-order valence-corrected chi connectivity index (χ1v) is 9.76. The van der Waals surface area contributed by atoms with Crippen LogP contribution in [0.1, 0.15) is 44.9 Å². The van der Waals surface area contributed by atoms with Gasteiger partial charge in [-0.15, -0.1) is 0 Å². The van der Waals surface area contributed by atoms with Crippen molar-refractivity contribution in [2.75, 3.05) is 13.1 Å². The van der Waals surface area contributed by atoms with E-state index in [9.17, 15) is 9.18 Å². The Morgan fingerprint density at radius 3 is 2.32 bits per heavy atom. The zero-order valence-electron chi connectivity index (χ0n) is 17.1. The fourth-order valence-corrected chi connectivity index (χ4v) is 3.56. The summed E-state index contributed by atoms with van der Waals surface area (Å²) in [6.07, 6.45) is -0.326. The number of hydrogen-bond donors (Lipinski definition) is 0. The zero-order chi connectivity index (χ0) is 20.3. The van der Waals surface area contributed by atoms with Gasteiger partial charge in [-0.1, -0.05) is 42.5 Å². The molecule has 0 bridgehead atoms. The molecule has 1 amide bonds. The molecule has 5 heteroatoms. The summed E-state index contributed by atoms with van der Waals surface area (Å²) in [4.78, 5) is 17.0. The minimum absolute atomic E-state index is 0.185. The highest BCUT2D eigenvalue weighted by Crippen LogP contribution is 2.30. The molecule has 2 aromatic rings. The highest BCUT2D eigenvalue weighted by atomic mass is 19.1. The fraction of sp³-hybridized carbons (Fsp3) is 0.435. The van der Waals surface area contributed by atoms with Crippen molar-refractivity contribution in [2.45, 2.75) is 51.9 Å². The Kier molecular flexibility index (Phi) is 6.04. The molecule has 0 radical (unpaired) electrons. The number of ether oxygens (including phenoxy) is 1. The number of benzene rings is 2. The molecule has 1 aliphatic heterocycles. The van der Waals surface area contributed by atoms with Gasteiger partial charge in [0, 0.05) is 25.7 Å². The van der Waals surface area contributed by atoms with Crippen LogP contribution in [0.2, 0.25) is 0 Å². The van der Waals surface area contributed by atoms with Gasteiger partial charge in [-0.25, -0.2) is 9.18 Å². The number of hydrogen-bond acceptors (Lipinski definition) is 3. The average molecular weight is 384 g/mol. The number of carbonyl (C=O) groups is 1. The Morgan fingerprint density at radius 2 is 1.71 bits per heavy atom. The van der Waals surface area contributed by atoms with Crippen molar-refractivity contribution < 1.29 is 13.9 Å². The first kappa shape index (κ1) is 20.3. The molecule has 1 saturated heterocycles. The third kappa shape index (κ3) is 5.10. The molecule has 3 rings (SSSR count). The summed E-state index contributed by atoms with van der Waals surface area (Å²) in [6.45, 7) is 9.76. The summed E-state index contributed by atoms with van der Waals surface area (Å²) in [5.41, 5.74) is 1.59. The maximum absolute atomic E-state index is 13.4. The Bertz CT molecular complexity index is 786. The van der Waals surface area contributed by atoms with E-state index in [-0.39, 0.29) is 24.0 Å². The predicted octanol–water partition coefficient (Wildman–Crippen LogP) is 5.01. The molecule has 2 atom stereocenters. The van der Waals surface area contributed by atoms with Crippen molar-refractivity contribution in [3.8, 4) is 0 Å². The van der Waals surface area contributed by atoms with Crippen LogP contribution in [0.4, 0.5) is 9.18 Å². The first-order chi connectivity index (χ1) is 13.2. The van der Waals surface area contributed by atoms with E-state index in [1.54, 1.807) is 17.0 Å². The van der Waals surface area contributed by atoms with Gasteiger partial charge in [0.2, 0.25) is 0 Å². The van der Waals surface area contributed by atoms with Gasteiger partial charge in [0.05, 0.1) is 6.04 Å². The van der Waals surface area contributed by atoms with E-state index in [2.05, 4.69) is 24.0 Å². The number of amides is 1. The Hall–Kier alpha value is -2.40. The van der Waals surface area contributed by atoms with E-state index < -0.39 is 5.60 Å². The van der Waals surface area contributed by atoms with Crippen molar-refractivity contribution in [1.29, 1.82) is 0 Å². The maximum Gasteiger partial charge on any atom is 0.410 e. The monoisotopic (exact) mass is 384 g/mol. The lowest BCUT2D eigenvalue weighted by atomic mass is 9.99. The second-order valence-electron chi connectivity index (χ2n) is 8.46. The quantitative estimate of drug-likeness (QED) is 0.746. The molecule has 28 heavy (non-hydrogen) atoms. The van der Waals surface area contributed by atoms with E-state index in [4.69, 9.17) is 4.74 Å². The molecule has 0 aromatic heterocycles. The van der Waals surface area contributed by atoms with E-state index in [0.717, 1.165) is 12.1 Å². The molecule has 150 valence electrons. The van der Waals surface area contributed by atoms with Crippen molar-refractivity contribution in [3.63, 3.8) is 0 Å². The van der Waals surface area contributed by atoms with Gasteiger partial charge < -0.3 is 4.74 Å². The van der Waals surface area contributed by atoms with Crippen LogP contribution < -0.4 is 0 Å². The van der Waals surface area contributed by atoms with Crippen molar-refractivity contribution in [3.05, 3.63) is 71.5 Å². The lowest BCUT2D eigenvalue weighted by molar-refractivity contribution is -0.0159. The number of halogens is 1. The minimum atomic E-state index is -0.561. The minimum Gasteiger partial charge on any atom is -0.444 e. The summed E-state index contributed by atoms with van der Waals surface area (Å²) < 4.78 is 19.1. The Labute approximate surface area is 166 Å². The van der Waals surface area contributed by atoms with E-state index in [1.165, 1.54) is 17.7 Å². The van der Waals surface area contributed by atoms with E-state index in [1.807, 2.05) is 39.0 Å². The Morgan fingerprint density at radius 1 is 1.07 bits per heavy atom. The topological polar surface area (TPSA) is 32.8 Å². The van der Waals surface area contributed by atoms with Crippen LogP contribution >= 0.6 is 0 Å². The highest BCUT2D eigenvalue weighted by molar-refractivity contribution is 5.69. The maximum atomic E-state index is 13.4. The van der Waals surface area contributed by atoms with Gasteiger partial charge in [-0.3, -0.25) is 9.80 Å². The van der Waals surface area contributed by atoms with Crippen LogP contribution in [0, 0.1) is 5.82 Å². The number of nitrogens with zero attached hydrogens (tertiary/aromatic N) is 2. The van der Waals surface area contributed by atoms with Gasteiger partial charge in [0.15, 0.2) is 0 Å². The molecule has 0 saturated carbocycles. The smallest absolute Gasteiger partial charge is 0.410 e. The lowest BCUT2D eigenvalue weighted by Crippen LogP contribution is -2.55. The molecule has 1 heterocycles. The third-order valence-corrected chi connectivity index (χ3v) is 4.98. The Balaban J connectivity index is 1.85. The second-order valence-corrected chi connectivity index (χ2v) is 8.46. The first-order valence-electron chi connectivity index (χ1n) is 9.76. The molecule has 2 aromatic carbocycles. The van der Waals surface area contributed by atoms with Gasteiger partial charge in [0.25, 0.3) is 0 Å². The number of piperazine rings is 1. The van der Waals surface area contributed by atoms with Gasteiger partial charge in [0.1, 0.15) is 11.4 Å². The SMILES string of the molecule is CC1CN(C(=O)OC(C)(C)C)C(c2ccc(F)cc2)CN1Cc1ccccc1. The van der Waals surface area contributed by atoms with Crippen LogP contribution in [0.15, 0.2) is 54.6 Å². The molecule has 1 aliphatic rings. The van der Waals surface area contributed by atoms with Crippen molar-refractivity contribution in [1.82, 2.24) is 9.80 Å². The van der Waals surface area contributed by atoms with E-state index >= 15 is 0 Å². The zero-order valence-corrected chi connectivity index (χ0v) is 17.1. The molecule has 0 aliphatic carbocycles. The third-order valence-electron chi connectivity index (χ3n) is 4.98. The summed E-state index contributed by atoms with van der Waals surface area (Å²) >= 11 is 0. The van der Waals surface area contributed by atoms with Crippen molar-refractivity contribution >= 4 is 6.09 Å². The molecular formula is C23H29FN2O2. The van der Waals surface area contributed by atoms with Crippen LogP contribution in [0.25, 0.3) is 0 Å². The summed E-state index contributed by atoms with van der Waals surface area (Å²) in [5.74, 6) is -0.280. The standard InChI is InChI=1S/C23H29FN2O2/c1-17-14-26(22(27)28-23(2,3)4)21(19-10-12-20(24)13-11-19)16-25(17)15-18-8-6-5-7-9-18/h5-13,17,21H,14-16H2,1-4H3. The lowest BCUT2D eigenvalue weighted by Gasteiger charge is -2.45. The van der Waals surface area contributed by atoms with Crippen molar-refractivity contribution in [2.24, 2.45) is 0 Å². The molecular weight excluding hydrogens is 355 g/mol. The second kappa shape index (κ2) is 8.31. The molecule has 1 fully saturated rings. The van der Waals surface area contributed by atoms with Crippen LogP contribution in [-0.2, 0) is 11.3 Å². The van der Waals surface area contributed by atoms with Crippen LogP contribution in [0.5, 0.6) is 0 Å². The highest BCUT2D eigenvalue weighted by Gasteiger charge is 2.37. The van der Waals surface area contributed by atoms with Crippen LogP contribution in [-0.4, -0.2) is 40.6 Å². The average Bonchev–Trinajstić information content (AvgIpc) is 2.63. The summed E-state index contributed by atoms with van der Waals surface area (Å²) in [6, 6.07) is 16.7. The largest absolute Gasteiger partial charge is 0.444 e. The number of carbonyl (C=O) groups excluding carboxylic acids is 1. The van der Waals surface area contributed by atoms with Crippen LogP contribution in [0.3, 0.4) is 0 Å². The normalized spacial score (nSPS) is 20.8. The fourth-order valence-electron chi connectivity index (χ4n) is 3.56. The molecule has 0 spiro atoms. The molecule has 2 unspecified atom stereocenters. The number of rotatable bonds is 3. The molecule has 4 nitrogen and oxygen atoms in total. The van der Waals surface area contributed by atoms with Gasteiger partial charge in [-0.2, -0.15) is 0 Å². The summed E-state index contributed by atoms with van der Waals surface area (Å²) in [5, 5.41) is 0. The van der Waals surface area contributed by atoms with Gasteiger partial charge in [-0.05, 0) is 51.0 Å². The van der Waals surface area contributed by atoms with Gasteiger partial charge >= 0.3 is 6.09 Å². The predicted molar refractivity (Wildman–Crippen MR) is 108 cm³/mol. The van der Waals surface area contributed by atoms with E-state index in [0.29, 0.717) is 13.1 Å². The summed E-state index contributed by atoms with van der Waals surface area (Å²) in [7, 11) is 0. The molecule has 0 N–H and O–H groups in total.